The Bertz CT molecular complexity index is 424. The normalized spacial score (nSPS) is 11.2. The largest absolute Gasteiger partial charge is 0.412 e. The van der Waals surface area contributed by atoms with Crippen molar-refractivity contribution in [2.75, 3.05) is 32.9 Å². The molecule has 0 rings (SSSR count). The van der Waals surface area contributed by atoms with Crippen molar-refractivity contribution < 1.29 is 37.6 Å². The molecule has 0 atom stereocenters. The van der Waals surface area contributed by atoms with Crippen LogP contribution in [-0.4, -0.2) is 72.4 Å². The van der Waals surface area contributed by atoms with Crippen LogP contribution in [0.15, 0.2) is 0 Å². The molecular weight excluding hydrogens is 366 g/mol. The number of carbonyl (C=O) groups is 1. The van der Waals surface area contributed by atoms with Gasteiger partial charge in [0.2, 0.25) is 5.91 Å². The van der Waals surface area contributed by atoms with E-state index in [1.807, 2.05) is 0 Å². The van der Waals surface area contributed by atoms with Crippen LogP contribution in [0.25, 0.3) is 0 Å². The van der Waals surface area contributed by atoms with Gasteiger partial charge in [-0.25, -0.2) is 4.18 Å². The van der Waals surface area contributed by atoms with Gasteiger partial charge in [-0.15, -0.1) is 0 Å². The van der Waals surface area contributed by atoms with E-state index in [2.05, 4.69) is 4.18 Å². The molecule has 10 heteroatoms. The minimum atomic E-state index is -4.30. The van der Waals surface area contributed by atoms with Crippen molar-refractivity contribution >= 4 is 16.3 Å². The molecule has 9 nitrogen and oxygen atoms in total. The lowest BCUT2D eigenvalue weighted by Crippen LogP contribution is -2.35. The van der Waals surface area contributed by atoms with Gasteiger partial charge in [-0.2, -0.15) is 8.42 Å². The molecule has 0 aromatic carbocycles. The molecule has 0 aliphatic carbocycles. The van der Waals surface area contributed by atoms with E-state index in [1.54, 1.807) is 0 Å². The van der Waals surface area contributed by atoms with E-state index in [0.29, 0.717) is 12.8 Å². The number of rotatable bonds is 17. The summed E-state index contributed by atoms with van der Waals surface area (Å²) in [5.74, 6) is -0.0183. The second kappa shape index (κ2) is 17.6. The van der Waals surface area contributed by atoms with Crippen LogP contribution < -0.4 is 0 Å². The minimum Gasteiger partial charge on any atom is -0.412 e. The molecule has 0 aliphatic rings. The van der Waals surface area contributed by atoms with Gasteiger partial charge in [0, 0.05) is 19.5 Å². The summed E-state index contributed by atoms with van der Waals surface area (Å²) in [5.41, 5.74) is 0. The predicted molar refractivity (Wildman–Crippen MR) is 98.0 cm³/mol. The Hall–Kier alpha value is -0.780. The standard InChI is InChI=1S/C16H33NO7S.H2O/c18-13-11-17(12-14-19)16(20)10-8-6-4-2-1-3-5-7-9-15-24-25(21,22)23;/h18-19H,1-15H2,(H,21,22,23);1H2. The van der Waals surface area contributed by atoms with E-state index in [1.165, 1.54) is 4.90 Å². The number of aliphatic hydroxyl groups excluding tert-OH is 2. The second-order valence-corrected chi connectivity index (χ2v) is 7.10. The quantitative estimate of drug-likeness (QED) is 0.239. The first-order chi connectivity index (χ1) is 11.9. The van der Waals surface area contributed by atoms with Gasteiger partial charge in [-0.05, 0) is 12.8 Å². The smallest absolute Gasteiger partial charge is 0.397 e. The first-order valence-electron chi connectivity index (χ1n) is 9.02. The van der Waals surface area contributed by atoms with Crippen LogP contribution in [0, 0.1) is 0 Å². The Morgan fingerprint density at radius 2 is 1.23 bits per heavy atom. The van der Waals surface area contributed by atoms with Crippen LogP contribution in [0.2, 0.25) is 0 Å². The molecule has 158 valence electrons. The van der Waals surface area contributed by atoms with Crippen LogP contribution in [0.4, 0.5) is 0 Å². The van der Waals surface area contributed by atoms with Gasteiger partial charge in [0.25, 0.3) is 0 Å². The second-order valence-electron chi connectivity index (χ2n) is 6.01. The lowest BCUT2D eigenvalue weighted by Gasteiger charge is -2.20. The molecule has 0 spiro atoms. The minimum absolute atomic E-state index is 0. The molecule has 0 radical (unpaired) electrons. The summed E-state index contributed by atoms with van der Waals surface area (Å²) >= 11 is 0. The summed E-state index contributed by atoms with van der Waals surface area (Å²) in [7, 11) is -4.30. The summed E-state index contributed by atoms with van der Waals surface area (Å²) in [5, 5.41) is 17.8. The molecule has 0 saturated carbocycles. The molecule has 0 aromatic heterocycles. The Morgan fingerprint density at radius 3 is 1.65 bits per heavy atom. The highest BCUT2D eigenvalue weighted by Gasteiger charge is 2.11. The summed E-state index contributed by atoms with van der Waals surface area (Å²) in [4.78, 5) is 13.4. The molecule has 0 bridgehead atoms. The van der Waals surface area contributed by atoms with Gasteiger partial charge < -0.3 is 20.6 Å². The first-order valence-corrected chi connectivity index (χ1v) is 10.4. The number of aliphatic hydroxyl groups is 2. The summed E-state index contributed by atoms with van der Waals surface area (Å²) in [6.07, 6.45) is 9.10. The third kappa shape index (κ3) is 18.0. The SMILES string of the molecule is O.O=C(CCCCCCCCCCCOS(=O)(=O)O)N(CCO)CCO. The molecule has 0 aliphatic heterocycles. The molecule has 5 N–H and O–H groups in total. The Kier molecular flexibility index (Phi) is 18.6. The van der Waals surface area contributed by atoms with E-state index >= 15 is 0 Å². The molecule has 1 amide bonds. The lowest BCUT2D eigenvalue weighted by molar-refractivity contribution is -0.132. The molecule has 0 unspecified atom stereocenters. The molecule has 0 saturated heterocycles. The zero-order valence-corrected chi connectivity index (χ0v) is 16.3. The molecule has 0 fully saturated rings. The fraction of sp³-hybridized carbons (Fsp3) is 0.938. The Balaban J connectivity index is 0. The zero-order chi connectivity index (χ0) is 19.0. The van der Waals surface area contributed by atoms with Gasteiger partial charge in [0.05, 0.1) is 19.8 Å². The van der Waals surface area contributed by atoms with Crippen molar-refractivity contribution in [3.63, 3.8) is 0 Å². The summed E-state index contributed by atoms with van der Waals surface area (Å²) in [6.45, 7) is 0.390. The maximum Gasteiger partial charge on any atom is 0.397 e. The van der Waals surface area contributed by atoms with E-state index in [9.17, 15) is 13.2 Å². The number of amides is 1. The lowest BCUT2D eigenvalue weighted by atomic mass is 10.1. The van der Waals surface area contributed by atoms with Crippen LogP contribution in [0.3, 0.4) is 0 Å². The highest BCUT2D eigenvalue weighted by Crippen LogP contribution is 2.11. The highest BCUT2D eigenvalue weighted by atomic mass is 32.3. The Labute approximate surface area is 156 Å². The van der Waals surface area contributed by atoms with Crippen molar-refractivity contribution in [2.45, 2.75) is 64.2 Å². The predicted octanol–water partition coefficient (Wildman–Crippen LogP) is 0.695. The number of hydrogen-bond donors (Lipinski definition) is 3. The maximum absolute atomic E-state index is 11.9. The van der Waals surface area contributed by atoms with E-state index < -0.39 is 10.4 Å². The summed E-state index contributed by atoms with van der Waals surface area (Å²) in [6, 6.07) is 0. The molecular formula is C16H35NO8S. The van der Waals surface area contributed by atoms with Crippen LogP contribution in [-0.2, 0) is 19.4 Å². The van der Waals surface area contributed by atoms with Gasteiger partial charge in [-0.1, -0.05) is 44.9 Å². The third-order valence-corrected chi connectivity index (χ3v) is 4.32. The molecule has 26 heavy (non-hydrogen) atoms. The van der Waals surface area contributed by atoms with Crippen LogP contribution in [0.5, 0.6) is 0 Å². The summed E-state index contributed by atoms with van der Waals surface area (Å²) < 4.78 is 33.3. The number of nitrogens with zero attached hydrogens (tertiary/aromatic N) is 1. The molecule has 0 aromatic rings. The van der Waals surface area contributed by atoms with Crippen molar-refractivity contribution in [1.82, 2.24) is 4.90 Å². The van der Waals surface area contributed by atoms with Gasteiger partial charge in [-0.3, -0.25) is 9.35 Å². The maximum atomic E-state index is 11.9. The first kappa shape index (κ1) is 27.4. The van der Waals surface area contributed by atoms with Crippen molar-refractivity contribution in [1.29, 1.82) is 0 Å². The van der Waals surface area contributed by atoms with Crippen molar-refractivity contribution in [2.24, 2.45) is 0 Å². The van der Waals surface area contributed by atoms with E-state index in [4.69, 9.17) is 14.8 Å². The van der Waals surface area contributed by atoms with Crippen molar-refractivity contribution in [3.8, 4) is 0 Å². The average Bonchev–Trinajstić information content (AvgIpc) is 2.54. The van der Waals surface area contributed by atoms with Gasteiger partial charge in [0.1, 0.15) is 0 Å². The topological polar surface area (TPSA) is 156 Å². The molecule has 0 heterocycles. The zero-order valence-electron chi connectivity index (χ0n) is 15.4. The monoisotopic (exact) mass is 401 g/mol. The fourth-order valence-electron chi connectivity index (χ4n) is 2.54. The van der Waals surface area contributed by atoms with Crippen LogP contribution in [0.1, 0.15) is 64.2 Å². The highest BCUT2D eigenvalue weighted by molar-refractivity contribution is 7.80. The fourth-order valence-corrected chi connectivity index (χ4v) is 2.87. The Morgan fingerprint density at radius 1 is 0.808 bits per heavy atom. The number of hydrogen-bond acceptors (Lipinski definition) is 6. The van der Waals surface area contributed by atoms with Gasteiger partial charge >= 0.3 is 10.4 Å². The number of carbonyl (C=O) groups excluding carboxylic acids is 1. The van der Waals surface area contributed by atoms with E-state index in [-0.39, 0.29) is 44.3 Å². The number of unbranched alkanes of at least 4 members (excludes halogenated alkanes) is 8. The van der Waals surface area contributed by atoms with Crippen molar-refractivity contribution in [3.05, 3.63) is 0 Å². The van der Waals surface area contributed by atoms with E-state index in [0.717, 1.165) is 51.4 Å². The van der Waals surface area contributed by atoms with Crippen LogP contribution >= 0.6 is 0 Å². The average molecular weight is 402 g/mol. The van der Waals surface area contributed by atoms with Gasteiger partial charge in [0.15, 0.2) is 0 Å². The third-order valence-electron chi connectivity index (χ3n) is 3.86.